The molecule has 1 heterocycles. The number of rotatable bonds is 7. The van der Waals surface area contributed by atoms with Crippen molar-refractivity contribution in [2.24, 2.45) is 0 Å². The van der Waals surface area contributed by atoms with Gasteiger partial charge in [0.05, 0.1) is 31.4 Å². The van der Waals surface area contributed by atoms with Crippen molar-refractivity contribution in [2.75, 3.05) is 37.9 Å². The molecule has 3 aromatic rings. The summed E-state index contributed by atoms with van der Waals surface area (Å²) < 4.78 is 5.09. The van der Waals surface area contributed by atoms with Crippen molar-refractivity contribution in [2.45, 2.75) is 0 Å². The van der Waals surface area contributed by atoms with E-state index in [9.17, 15) is 9.59 Å². The Kier molecular flexibility index (Phi) is 6.18. The first-order chi connectivity index (χ1) is 13.5. The third-order valence-electron chi connectivity index (χ3n) is 4.12. The maximum atomic E-state index is 12.4. The Bertz CT molecular complexity index is 968. The lowest BCUT2D eigenvalue weighted by molar-refractivity contribution is -0.119. The van der Waals surface area contributed by atoms with E-state index in [4.69, 9.17) is 4.74 Å². The van der Waals surface area contributed by atoms with Crippen LogP contribution in [-0.4, -0.2) is 48.9 Å². The van der Waals surface area contributed by atoms with Gasteiger partial charge < -0.3 is 15.4 Å². The number of pyridine rings is 1. The van der Waals surface area contributed by atoms with E-state index in [1.54, 1.807) is 49.5 Å². The number of nitrogens with zero attached hydrogens (tertiary/aromatic N) is 2. The number of ether oxygens (including phenoxy) is 1. The van der Waals surface area contributed by atoms with Gasteiger partial charge in [-0.15, -0.1) is 0 Å². The summed E-state index contributed by atoms with van der Waals surface area (Å²) in [7, 11) is 3.31. The van der Waals surface area contributed by atoms with Crippen LogP contribution in [0.4, 0.5) is 11.4 Å². The number of fused-ring (bicyclic) bond motifs is 1. The molecule has 0 saturated heterocycles. The molecular formula is C21H22N4O3. The zero-order valence-electron chi connectivity index (χ0n) is 15.8. The number of benzene rings is 2. The van der Waals surface area contributed by atoms with E-state index in [0.29, 0.717) is 11.4 Å². The predicted octanol–water partition coefficient (Wildman–Crippen LogP) is 2.75. The molecule has 7 heteroatoms. The first kappa shape index (κ1) is 19.3. The molecule has 0 saturated carbocycles. The van der Waals surface area contributed by atoms with Crippen LogP contribution in [0, 0.1) is 0 Å². The molecule has 1 aromatic heterocycles. The van der Waals surface area contributed by atoms with Crippen LogP contribution < -0.4 is 15.4 Å². The second-order valence-electron chi connectivity index (χ2n) is 6.37. The molecule has 2 N–H and O–H groups in total. The maximum Gasteiger partial charge on any atom is 0.238 e. The number of methoxy groups -OCH3 is 1. The summed E-state index contributed by atoms with van der Waals surface area (Å²) >= 11 is 0. The van der Waals surface area contributed by atoms with Crippen LogP contribution in [0.5, 0.6) is 5.75 Å². The Morgan fingerprint density at radius 2 is 1.68 bits per heavy atom. The molecule has 0 aliphatic carbocycles. The third kappa shape index (κ3) is 5.05. The van der Waals surface area contributed by atoms with Crippen LogP contribution in [0.15, 0.2) is 60.8 Å². The summed E-state index contributed by atoms with van der Waals surface area (Å²) in [6, 6.07) is 16.4. The molecule has 0 fully saturated rings. The minimum Gasteiger partial charge on any atom is -0.497 e. The zero-order valence-corrected chi connectivity index (χ0v) is 15.8. The van der Waals surface area contributed by atoms with Crippen LogP contribution in [0.2, 0.25) is 0 Å². The van der Waals surface area contributed by atoms with E-state index in [-0.39, 0.29) is 24.9 Å². The van der Waals surface area contributed by atoms with Gasteiger partial charge in [-0.05, 0) is 55.6 Å². The maximum absolute atomic E-state index is 12.4. The Labute approximate surface area is 163 Å². The number of hydrogen-bond donors (Lipinski definition) is 2. The van der Waals surface area contributed by atoms with E-state index in [1.165, 1.54) is 0 Å². The fraction of sp³-hybridized carbons (Fsp3) is 0.190. The number of carbonyl (C=O) groups is 2. The monoisotopic (exact) mass is 378 g/mol. The summed E-state index contributed by atoms with van der Waals surface area (Å²) in [5.41, 5.74) is 2.19. The average molecular weight is 378 g/mol. The van der Waals surface area contributed by atoms with E-state index < -0.39 is 0 Å². The minimum atomic E-state index is -0.199. The molecule has 0 atom stereocenters. The smallest absolute Gasteiger partial charge is 0.238 e. The number of hydrogen-bond acceptors (Lipinski definition) is 5. The predicted molar refractivity (Wildman–Crippen MR) is 109 cm³/mol. The Morgan fingerprint density at radius 3 is 2.39 bits per heavy atom. The van der Waals surface area contributed by atoms with E-state index in [0.717, 1.165) is 16.7 Å². The van der Waals surface area contributed by atoms with Gasteiger partial charge in [-0.2, -0.15) is 0 Å². The molecule has 0 aliphatic heterocycles. The number of anilines is 2. The molecule has 7 nitrogen and oxygen atoms in total. The van der Waals surface area contributed by atoms with Crippen LogP contribution in [-0.2, 0) is 9.59 Å². The van der Waals surface area contributed by atoms with Gasteiger partial charge >= 0.3 is 0 Å². The van der Waals surface area contributed by atoms with Crippen LogP contribution in [0.25, 0.3) is 10.9 Å². The zero-order chi connectivity index (χ0) is 19.9. The van der Waals surface area contributed by atoms with Gasteiger partial charge in [0.25, 0.3) is 0 Å². The van der Waals surface area contributed by atoms with Crippen molar-refractivity contribution >= 4 is 34.1 Å². The van der Waals surface area contributed by atoms with Gasteiger partial charge in [0.15, 0.2) is 0 Å². The Balaban J connectivity index is 1.52. The number of nitrogens with one attached hydrogen (secondary N) is 2. The van der Waals surface area contributed by atoms with Gasteiger partial charge in [-0.3, -0.25) is 19.5 Å². The molecule has 144 valence electrons. The number of likely N-dealkylation sites (N-methyl/N-ethyl adjacent to an activating group) is 1. The molecule has 28 heavy (non-hydrogen) atoms. The highest BCUT2D eigenvalue weighted by Gasteiger charge is 2.12. The van der Waals surface area contributed by atoms with Crippen molar-refractivity contribution < 1.29 is 14.3 Å². The molecule has 0 unspecified atom stereocenters. The number of amides is 2. The van der Waals surface area contributed by atoms with Gasteiger partial charge in [0.2, 0.25) is 11.8 Å². The number of carbonyl (C=O) groups excluding carboxylic acids is 2. The van der Waals surface area contributed by atoms with Gasteiger partial charge in [-0.1, -0.05) is 6.07 Å². The normalized spacial score (nSPS) is 10.7. The fourth-order valence-corrected chi connectivity index (χ4v) is 2.82. The molecule has 3 rings (SSSR count). The van der Waals surface area contributed by atoms with Crippen LogP contribution in [0.1, 0.15) is 0 Å². The van der Waals surface area contributed by atoms with Crippen LogP contribution >= 0.6 is 0 Å². The highest BCUT2D eigenvalue weighted by Crippen LogP contribution is 2.21. The van der Waals surface area contributed by atoms with Gasteiger partial charge in [0, 0.05) is 17.3 Å². The first-order valence-corrected chi connectivity index (χ1v) is 8.81. The topological polar surface area (TPSA) is 83.6 Å². The molecule has 0 radical (unpaired) electrons. The summed E-state index contributed by atoms with van der Waals surface area (Å²) in [5.74, 6) is 0.321. The van der Waals surface area contributed by atoms with Crippen molar-refractivity contribution in [3.63, 3.8) is 0 Å². The van der Waals surface area contributed by atoms with E-state index in [1.807, 2.05) is 30.3 Å². The molecule has 2 aromatic carbocycles. The van der Waals surface area contributed by atoms with Crippen molar-refractivity contribution in [3.05, 3.63) is 60.8 Å². The third-order valence-corrected chi connectivity index (χ3v) is 4.12. The van der Waals surface area contributed by atoms with Crippen molar-refractivity contribution in [1.82, 2.24) is 9.88 Å². The second-order valence-corrected chi connectivity index (χ2v) is 6.37. The molecule has 0 aliphatic rings. The lowest BCUT2D eigenvalue weighted by atomic mass is 10.2. The summed E-state index contributed by atoms with van der Waals surface area (Å²) in [4.78, 5) is 30.5. The highest BCUT2D eigenvalue weighted by atomic mass is 16.5. The minimum absolute atomic E-state index is 0.0900. The molecule has 0 bridgehead atoms. The quantitative estimate of drug-likeness (QED) is 0.661. The lowest BCUT2D eigenvalue weighted by Crippen LogP contribution is -2.36. The summed E-state index contributed by atoms with van der Waals surface area (Å²) in [6.07, 6.45) is 1.71. The molecular weight excluding hydrogens is 356 g/mol. The van der Waals surface area contributed by atoms with Gasteiger partial charge in [-0.25, -0.2) is 0 Å². The number of aromatic nitrogens is 1. The standard InChI is InChI=1S/C21H22N4O3/c1-25(13-20(26)23-15-8-10-16(28-2)11-9-15)14-21(27)24-19-7-3-6-18-17(19)5-4-12-22-18/h3-12H,13-14H2,1-2H3,(H,23,26)(H,24,27). The average Bonchev–Trinajstić information content (AvgIpc) is 2.68. The van der Waals surface area contributed by atoms with Gasteiger partial charge in [0.1, 0.15) is 5.75 Å². The Hall–Kier alpha value is -3.45. The lowest BCUT2D eigenvalue weighted by Gasteiger charge is -2.16. The SMILES string of the molecule is COc1ccc(NC(=O)CN(C)CC(=O)Nc2cccc3ncccc23)cc1. The van der Waals surface area contributed by atoms with Crippen LogP contribution in [0.3, 0.4) is 0 Å². The highest BCUT2D eigenvalue weighted by molar-refractivity contribution is 6.01. The molecule has 2 amide bonds. The summed E-state index contributed by atoms with van der Waals surface area (Å²) in [6.45, 7) is 0.184. The fourth-order valence-electron chi connectivity index (χ4n) is 2.82. The van der Waals surface area contributed by atoms with Crippen molar-refractivity contribution in [3.8, 4) is 5.75 Å². The Morgan fingerprint density at radius 1 is 0.964 bits per heavy atom. The van der Waals surface area contributed by atoms with E-state index >= 15 is 0 Å². The van der Waals surface area contributed by atoms with Crippen molar-refractivity contribution in [1.29, 1.82) is 0 Å². The summed E-state index contributed by atoms with van der Waals surface area (Å²) in [5, 5.41) is 6.55. The molecule has 0 spiro atoms. The first-order valence-electron chi connectivity index (χ1n) is 8.81. The second kappa shape index (κ2) is 8.96. The van der Waals surface area contributed by atoms with E-state index in [2.05, 4.69) is 15.6 Å². The largest absolute Gasteiger partial charge is 0.497 e.